The highest BCUT2D eigenvalue weighted by Crippen LogP contribution is 2.63. The van der Waals surface area contributed by atoms with Crippen molar-refractivity contribution in [1.29, 1.82) is 0 Å². The highest BCUT2D eigenvalue weighted by Gasteiger charge is 2.53. The van der Waals surface area contributed by atoms with Crippen LogP contribution in [0.3, 0.4) is 0 Å². The Morgan fingerprint density at radius 1 is 1.10 bits per heavy atom. The van der Waals surface area contributed by atoms with Crippen molar-refractivity contribution in [1.82, 2.24) is 0 Å². The SMILES string of the molecule is CC[C@@H]1CC[C@H]2[C@@H]3CCc4ccccc4[C@H]3CC[C@]12C. The van der Waals surface area contributed by atoms with Crippen LogP contribution in [0.25, 0.3) is 0 Å². The van der Waals surface area contributed by atoms with Crippen LogP contribution in [0, 0.1) is 23.2 Å². The van der Waals surface area contributed by atoms with Crippen LogP contribution in [0.1, 0.15) is 69.4 Å². The molecule has 0 heteroatoms. The van der Waals surface area contributed by atoms with Gasteiger partial charge in [-0.1, -0.05) is 44.5 Å². The minimum absolute atomic E-state index is 0.669. The molecule has 0 amide bonds. The van der Waals surface area contributed by atoms with Crippen molar-refractivity contribution < 1.29 is 0 Å². The van der Waals surface area contributed by atoms with E-state index in [9.17, 15) is 0 Å². The van der Waals surface area contributed by atoms with Crippen LogP contribution < -0.4 is 0 Å². The second-order valence-electron chi connectivity index (χ2n) is 7.84. The molecule has 1 aromatic carbocycles. The van der Waals surface area contributed by atoms with Crippen LogP contribution in [-0.4, -0.2) is 0 Å². The second-order valence-corrected chi connectivity index (χ2v) is 7.84. The Hall–Kier alpha value is -0.780. The summed E-state index contributed by atoms with van der Waals surface area (Å²) in [7, 11) is 0. The molecule has 2 saturated carbocycles. The Morgan fingerprint density at radius 3 is 2.80 bits per heavy atom. The van der Waals surface area contributed by atoms with Crippen LogP contribution in [0.2, 0.25) is 0 Å². The normalized spacial score (nSPS) is 42.7. The molecule has 0 unspecified atom stereocenters. The highest BCUT2D eigenvalue weighted by atomic mass is 14.6. The zero-order valence-corrected chi connectivity index (χ0v) is 13.1. The molecule has 0 bridgehead atoms. The highest BCUT2D eigenvalue weighted by molar-refractivity contribution is 5.34. The van der Waals surface area contributed by atoms with Crippen molar-refractivity contribution in [2.45, 2.75) is 64.7 Å². The van der Waals surface area contributed by atoms with E-state index in [0.717, 1.165) is 23.7 Å². The zero-order chi connectivity index (χ0) is 13.7. The first-order chi connectivity index (χ1) is 9.74. The number of hydrogen-bond acceptors (Lipinski definition) is 0. The van der Waals surface area contributed by atoms with Gasteiger partial charge in [-0.25, -0.2) is 0 Å². The van der Waals surface area contributed by atoms with Gasteiger partial charge in [0.2, 0.25) is 0 Å². The summed E-state index contributed by atoms with van der Waals surface area (Å²) in [5, 5.41) is 0. The minimum atomic E-state index is 0.669. The Labute approximate surface area is 124 Å². The maximum Gasteiger partial charge on any atom is -0.0128 e. The van der Waals surface area contributed by atoms with Crippen molar-refractivity contribution in [3.8, 4) is 0 Å². The Balaban J connectivity index is 1.69. The number of benzene rings is 1. The van der Waals surface area contributed by atoms with Crippen LogP contribution >= 0.6 is 0 Å². The molecule has 0 N–H and O–H groups in total. The molecular formula is C20H28. The molecule has 20 heavy (non-hydrogen) atoms. The van der Waals surface area contributed by atoms with Crippen LogP contribution in [0.15, 0.2) is 24.3 Å². The van der Waals surface area contributed by atoms with Gasteiger partial charge < -0.3 is 0 Å². The molecule has 0 aliphatic heterocycles. The van der Waals surface area contributed by atoms with Gasteiger partial charge in [-0.3, -0.25) is 0 Å². The van der Waals surface area contributed by atoms with E-state index in [1.165, 1.54) is 44.9 Å². The fourth-order valence-electron chi connectivity index (χ4n) is 6.30. The van der Waals surface area contributed by atoms with Gasteiger partial charge in [0.25, 0.3) is 0 Å². The lowest BCUT2D eigenvalue weighted by molar-refractivity contribution is 0.0274. The third-order valence-corrected chi connectivity index (χ3v) is 7.33. The Morgan fingerprint density at radius 2 is 1.95 bits per heavy atom. The molecule has 108 valence electrons. The standard InChI is InChI=1S/C20H28/c1-3-15-9-11-19-18-10-8-14-6-4-5-7-16(14)17(18)12-13-20(15,19)2/h4-7,15,17-19H,3,8-13H2,1-2H3/t15-,17-,18-,19+,20-/m1/s1. The van der Waals surface area contributed by atoms with E-state index in [4.69, 9.17) is 0 Å². The molecule has 0 aromatic heterocycles. The molecule has 5 atom stereocenters. The predicted octanol–water partition coefficient (Wildman–Crippen LogP) is 5.57. The molecular weight excluding hydrogens is 240 g/mol. The maximum atomic E-state index is 2.63. The average Bonchev–Trinajstić information content (AvgIpc) is 2.83. The van der Waals surface area contributed by atoms with E-state index in [1.54, 1.807) is 11.1 Å². The van der Waals surface area contributed by atoms with Gasteiger partial charge in [-0.05, 0) is 78.7 Å². The van der Waals surface area contributed by atoms with Crippen molar-refractivity contribution in [2.75, 3.05) is 0 Å². The molecule has 4 rings (SSSR count). The molecule has 0 radical (unpaired) electrons. The van der Waals surface area contributed by atoms with Crippen molar-refractivity contribution >= 4 is 0 Å². The summed E-state index contributed by atoms with van der Waals surface area (Å²) in [5.41, 5.74) is 4.04. The monoisotopic (exact) mass is 268 g/mol. The van der Waals surface area contributed by atoms with Crippen molar-refractivity contribution in [2.24, 2.45) is 23.2 Å². The lowest BCUT2D eigenvalue weighted by Gasteiger charge is -2.51. The van der Waals surface area contributed by atoms with Gasteiger partial charge in [0.1, 0.15) is 0 Å². The summed E-state index contributed by atoms with van der Waals surface area (Å²) in [6, 6.07) is 9.30. The lowest BCUT2D eigenvalue weighted by Crippen LogP contribution is -2.42. The molecule has 0 nitrogen and oxygen atoms in total. The fourth-order valence-corrected chi connectivity index (χ4v) is 6.30. The maximum absolute atomic E-state index is 2.63. The number of aryl methyl sites for hydroxylation is 1. The molecule has 3 aliphatic rings. The van der Waals surface area contributed by atoms with Crippen LogP contribution in [-0.2, 0) is 6.42 Å². The van der Waals surface area contributed by atoms with E-state index in [-0.39, 0.29) is 0 Å². The Bertz CT molecular complexity index is 503. The summed E-state index contributed by atoms with van der Waals surface area (Å²) in [6.45, 7) is 5.05. The predicted molar refractivity (Wildman–Crippen MR) is 84.8 cm³/mol. The minimum Gasteiger partial charge on any atom is -0.0651 e. The van der Waals surface area contributed by atoms with Gasteiger partial charge in [0.15, 0.2) is 0 Å². The van der Waals surface area contributed by atoms with Crippen LogP contribution in [0.5, 0.6) is 0 Å². The smallest absolute Gasteiger partial charge is 0.0128 e. The summed E-state index contributed by atoms with van der Waals surface area (Å²) in [6.07, 6.45) is 10.1. The van der Waals surface area contributed by atoms with E-state index >= 15 is 0 Å². The van der Waals surface area contributed by atoms with Crippen LogP contribution in [0.4, 0.5) is 0 Å². The number of rotatable bonds is 1. The van der Waals surface area contributed by atoms with Gasteiger partial charge in [0.05, 0.1) is 0 Å². The summed E-state index contributed by atoms with van der Waals surface area (Å²) in [5.74, 6) is 3.89. The third-order valence-electron chi connectivity index (χ3n) is 7.33. The second kappa shape index (κ2) is 4.61. The first kappa shape index (κ1) is 12.9. The quantitative estimate of drug-likeness (QED) is 0.624. The first-order valence-electron chi connectivity index (χ1n) is 8.82. The number of fused-ring (bicyclic) bond motifs is 5. The average molecular weight is 268 g/mol. The van der Waals surface area contributed by atoms with Crippen molar-refractivity contribution in [3.05, 3.63) is 35.4 Å². The molecule has 2 fully saturated rings. The molecule has 0 spiro atoms. The fraction of sp³-hybridized carbons (Fsp3) is 0.700. The molecule has 1 aromatic rings. The van der Waals surface area contributed by atoms with E-state index < -0.39 is 0 Å². The largest absolute Gasteiger partial charge is 0.0651 e. The van der Waals surface area contributed by atoms with Gasteiger partial charge in [-0.15, -0.1) is 0 Å². The molecule has 0 heterocycles. The van der Waals surface area contributed by atoms with Gasteiger partial charge >= 0.3 is 0 Å². The zero-order valence-electron chi connectivity index (χ0n) is 13.1. The summed E-state index contributed by atoms with van der Waals surface area (Å²) < 4.78 is 0. The van der Waals surface area contributed by atoms with Gasteiger partial charge in [-0.2, -0.15) is 0 Å². The Kier molecular flexibility index (Phi) is 2.98. The molecule has 0 saturated heterocycles. The lowest BCUT2D eigenvalue weighted by atomic mass is 9.54. The van der Waals surface area contributed by atoms with E-state index in [1.807, 2.05) is 0 Å². The van der Waals surface area contributed by atoms with E-state index in [0.29, 0.717) is 5.41 Å². The number of hydrogen-bond donors (Lipinski definition) is 0. The summed E-state index contributed by atoms with van der Waals surface area (Å²) >= 11 is 0. The van der Waals surface area contributed by atoms with E-state index in [2.05, 4.69) is 38.1 Å². The third kappa shape index (κ3) is 1.66. The molecule has 3 aliphatic carbocycles. The topological polar surface area (TPSA) is 0 Å². The van der Waals surface area contributed by atoms with Crippen molar-refractivity contribution in [3.63, 3.8) is 0 Å². The first-order valence-corrected chi connectivity index (χ1v) is 8.82. The van der Waals surface area contributed by atoms with Gasteiger partial charge in [0, 0.05) is 0 Å². The summed E-state index contributed by atoms with van der Waals surface area (Å²) in [4.78, 5) is 0.